The van der Waals surface area contributed by atoms with E-state index < -0.39 is 17.7 Å². The van der Waals surface area contributed by atoms with Gasteiger partial charge in [-0.05, 0) is 6.42 Å². The van der Waals surface area contributed by atoms with Crippen LogP contribution in [0.4, 0.5) is 13.2 Å². The molecular weight excluding hydrogens is 237 g/mol. The van der Waals surface area contributed by atoms with Gasteiger partial charge in [0.25, 0.3) is 5.91 Å². The molecule has 0 saturated carbocycles. The summed E-state index contributed by atoms with van der Waals surface area (Å²) >= 11 is 0. The lowest BCUT2D eigenvalue weighted by Gasteiger charge is -2.26. The van der Waals surface area contributed by atoms with Gasteiger partial charge in [-0.15, -0.1) is 0 Å². The van der Waals surface area contributed by atoms with Crippen LogP contribution >= 0.6 is 0 Å². The summed E-state index contributed by atoms with van der Waals surface area (Å²) in [5, 5.41) is 9.34. The van der Waals surface area contributed by atoms with Gasteiger partial charge in [-0.3, -0.25) is 4.79 Å². The van der Waals surface area contributed by atoms with Gasteiger partial charge in [0, 0.05) is 18.7 Å². The fourth-order valence-corrected chi connectivity index (χ4v) is 1.58. The molecule has 0 unspecified atom stereocenters. The third-order valence-electron chi connectivity index (χ3n) is 2.49. The van der Waals surface area contributed by atoms with Crippen LogP contribution in [0.5, 0.6) is 0 Å². The molecule has 1 amide bonds. The van der Waals surface area contributed by atoms with Crippen molar-refractivity contribution >= 4 is 5.91 Å². The molecule has 0 saturated heterocycles. The molecule has 2 heterocycles. The number of carbonyl (C=O) groups excluding carboxylic acids is 1. The zero-order valence-corrected chi connectivity index (χ0v) is 8.66. The van der Waals surface area contributed by atoms with Gasteiger partial charge in [0.1, 0.15) is 0 Å². The topological polar surface area (TPSA) is 61.9 Å². The van der Waals surface area contributed by atoms with Gasteiger partial charge in [0.05, 0.1) is 6.20 Å². The van der Waals surface area contributed by atoms with Crippen molar-refractivity contribution < 1.29 is 18.0 Å². The van der Waals surface area contributed by atoms with Crippen molar-refractivity contribution in [3.63, 3.8) is 0 Å². The molecule has 2 rings (SSSR count). The number of H-pyrrole nitrogens is 1. The Bertz CT molecular complexity index is 438. The second kappa shape index (κ2) is 4.19. The van der Waals surface area contributed by atoms with Crippen LogP contribution < -0.4 is 0 Å². The van der Waals surface area contributed by atoms with E-state index in [1.807, 2.05) is 0 Å². The predicted molar refractivity (Wildman–Crippen MR) is 51.0 cm³/mol. The molecule has 1 aliphatic heterocycles. The maximum Gasteiger partial charge on any atom is 0.412 e. The zero-order valence-electron chi connectivity index (χ0n) is 8.66. The van der Waals surface area contributed by atoms with E-state index in [2.05, 4.69) is 15.4 Å². The van der Waals surface area contributed by atoms with E-state index in [-0.39, 0.29) is 25.2 Å². The van der Waals surface area contributed by atoms with Crippen LogP contribution in [0.15, 0.2) is 17.8 Å². The molecule has 0 spiro atoms. The number of nitrogens with zero attached hydrogens (tertiary/aromatic N) is 3. The molecule has 8 heteroatoms. The molecule has 1 aromatic rings. The summed E-state index contributed by atoms with van der Waals surface area (Å²) in [5.41, 5.74) is -0.476. The summed E-state index contributed by atoms with van der Waals surface area (Å²) in [6.45, 7) is -0.0163. The third-order valence-corrected chi connectivity index (χ3v) is 2.49. The first kappa shape index (κ1) is 11.6. The average Bonchev–Trinajstić information content (AvgIpc) is 2.80. The number of hydrogen-bond acceptors (Lipinski definition) is 3. The molecule has 0 bridgehead atoms. The number of aromatic amines is 1. The summed E-state index contributed by atoms with van der Waals surface area (Å²) in [7, 11) is 0. The van der Waals surface area contributed by atoms with E-state index in [0.717, 1.165) is 6.08 Å². The molecule has 92 valence electrons. The minimum absolute atomic E-state index is 0.0387. The van der Waals surface area contributed by atoms with Gasteiger partial charge in [0.2, 0.25) is 0 Å². The Hall–Kier alpha value is -1.86. The third kappa shape index (κ3) is 2.45. The molecule has 5 nitrogen and oxygen atoms in total. The number of nitrogens with one attached hydrogen (secondary N) is 1. The van der Waals surface area contributed by atoms with Crippen molar-refractivity contribution in [2.24, 2.45) is 0 Å². The molecule has 0 atom stereocenters. The van der Waals surface area contributed by atoms with Crippen molar-refractivity contribution in [3.8, 4) is 0 Å². The van der Waals surface area contributed by atoms with E-state index in [1.54, 1.807) is 0 Å². The van der Waals surface area contributed by atoms with Gasteiger partial charge in [-0.25, -0.2) is 0 Å². The lowest BCUT2D eigenvalue weighted by Crippen LogP contribution is -2.37. The molecule has 0 radical (unpaired) electrons. The van der Waals surface area contributed by atoms with E-state index in [0.29, 0.717) is 0 Å². The summed E-state index contributed by atoms with van der Waals surface area (Å²) in [6, 6.07) is 0. The second-order valence-corrected chi connectivity index (χ2v) is 3.58. The highest BCUT2D eigenvalue weighted by Gasteiger charge is 2.35. The predicted octanol–water partition coefficient (Wildman–Crippen LogP) is 1.14. The molecule has 0 aliphatic carbocycles. The highest BCUT2D eigenvalue weighted by Crippen LogP contribution is 2.30. The van der Waals surface area contributed by atoms with Crippen molar-refractivity contribution in [1.29, 1.82) is 0 Å². The van der Waals surface area contributed by atoms with Gasteiger partial charge in [-0.2, -0.15) is 28.6 Å². The fourth-order valence-electron chi connectivity index (χ4n) is 1.58. The first-order chi connectivity index (χ1) is 7.98. The zero-order chi connectivity index (χ0) is 12.5. The molecular formula is C9H9F3N4O. The van der Waals surface area contributed by atoms with Crippen LogP contribution in [0, 0.1) is 0 Å². The molecule has 1 N–H and O–H groups in total. The van der Waals surface area contributed by atoms with Crippen molar-refractivity contribution in [3.05, 3.63) is 23.5 Å². The quantitative estimate of drug-likeness (QED) is 0.756. The normalized spacial score (nSPS) is 16.9. The van der Waals surface area contributed by atoms with E-state index in [4.69, 9.17) is 0 Å². The minimum Gasteiger partial charge on any atom is -0.333 e. The second-order valence-electron chi connectivity index (χ2n) is 3.58. The van der Waals surface area contributed by atoms with Gasteiger partial charge in [-0.1, -0.05) is 6.08 Å². The number of aromatic nitrogens is 3. The van der Waals surface area contributed by atoms with Crippen LogP contribution in [0.3, 0.4) is 0 Å². The van der Waals surface area contributed by atoms with Crippen LogP contribution in [-0.2, 0) is 0 Å². The monoisotopic (exact) mass is 246 g/mol. The molecule has 0 fully saturated rings. The smallest absolute Gasteiger partial charge is 0.333 e. The Morgan fingerprint density at radius 3 is 2.71 bits per heavy atom. The largest absolute Gasteiger partial charge is 0.412 e. The number of rotatable bonds is 1. The number of alkyl halides is 3. The maximum atomic E-state index is 12.3. The Morgan fingerprint density at radius 1 is 1.47 bits per heavy atom. The lowest BCUT2D eigenvalue weighted by atomic mass is 10.1. The Kier molecular flexibility index (Phi) is 2.86. The standard InChI is InChI=1S/C9H9F3N4O/c10-9(11,12)6-1-3-16(4-2-6)8(17)7-5-13-15-14-7/h1,5H,2-4H2,(H,13,14,15). The van der Waals surface area contributed by atoms with Gasteiger partial charge in [0.15, 0.2) is 5.69 Å². The maximum absolute atomic E-state index is 12.3. The summed E-state index contributed by atoms with van der Waals surface area (Å²) in [4.78, 5) is 13.0. The molecule has 1 aliphatic rings. The Labute approximate surface area is 94.3 Å². The van der Waals surface area contributed by atoms with Crippen molar-refractivity contribution in [1.82, 2.24) is 20.3 Å². The summed E-state index contributed by atoms with van der Waals surface area (Å²) in [5.74, 6) is -0.420. The van der Waals surface area contributed by atoms with Crippen LogP contribution in [-0.4, -0.2) is 45.5 Å². The summed E-state index contributed by atoms with van der Waals surface area (Å²) in [6.07, 6.45) is -2.22. The van der Waals surface area contributed by atoms with Crippen LogP contribution in [0.2, 0.25) is 0 Å². The van der Waals surface area contributed by atoms with E-state index in [1.165, 1.54) is 11.1 Å². The van der Waals surface area contributed by atoms with Crippen molar-refractivity contribution in [2.75, 3.05) is 13.1 Å². The van der Waals surface area contributed by atoms with Gasteiger partial charge < -0.3 is 4.90 Å². The highest BCUT2D eigenvalue weighted by atomic mass is 19.4. The number of hydrogen-bond donors (Lipinski definition) is 1. The lowest BCUT2D eigenvalue weighted by molar-refractivity contribution is -0.0957. The Balaban J connectivity index is 2.05. The first-order valence-corrected chi connectivity index (χ1v) is 4.90. The van der Waals surface area contributed by atoms with E-state index >= 15 is 0 Å². The number of amides is 1. The van der Waals surface area contributed by atoms with Gasteiger partial charge >= 0.3 is 6.18 Å². The molecule has 17 heavy (non-hydrogen) atoms. The van der Waals surface area contributed by atoms with Crippen molar-refractivity contribution in [2.45, 2.75) is 12.6 Å². The molecule has 1 aromatic heterocycles. The molecule has 0 aromatic carbocycles. The average molecular weight is 246 g/mol. The number of carbonyl (C=O) groups is 1. The summed E-state index contributed by atoms with van der Waals surface area (Å²) < 4.78 is 37.0. The fraction of sp³-hybridized carbons (Fsp3) is 0.444. The van der Waals surface area contributed by atoms with Crippen LogP contribution in [0.25, 0.3) is 0 Å². The first-order valence-electron chi connectivity index (χ1n) is 4.90. The van der Waals surface area contributed by atoms with E-state index in [9.17, 15) is 18.0 Å². The highest BCUT2D eigenvalue weighted by molar-refractivity contribution is 5.92. The van der Waals surface area contributed by atoms with Crippen LogP contribution in [0.1, 0.15) is 16.9 Å². The number of halogens is 3. The SMILES string of the molecule is O=C(c1cn[nH]n1)N1CC=C(C(F)(F)F)CC1. The minimum atomic E-state index is -4.30. The Morgan fingerprint density at radius 2 is 2.24 bits per heavy atom.